The number of hydrogen-bond acceptors (Lipinski definition) is 5. The molecule has 0 radical (unpaired) electrons. The first-order valence-corrected chi connectivity index (χ1v) is 10.6. The molecule has 0 aliphatic carbocycles. The Morgan fingerprint density at radius 2 is 1.83 bits per heavy atom. The number of likely N-dealkylation sites (tertiary alicyclic amines) is 1. The van der Waals surface area contributed by atoms with E-state index < -0.39 is 0 Å². The number of hydrogen-bond donors (Lipinski definition) is 0. The molecule has 5 rings (SSSR count). The van der Waals surface area contributed by atoms with Gasteiger partial charge in [-0.05, 0) is 44.5 Å². The molecule has 4 heterocycles. The first-order chi connectivity index (χ1) is 14.1. The van der Waals surface area contributed by atoms with Gasteiger partial charge in [0.1, 0.15) is 0 Å². The largest absolute Gasteiger partial charge is 0.378 e. The molecule has 2 aromatic heterocycles. The van der Waals surface area contributed by atoms with Gasteiger partial charge in [0.15, 0.2) is 11.5 Å². The zero-order valence-electron chi connectivity index (χ0n) is 17.3. The van der Waals surface area contributed by atoms with Crippen molar-refractivity contribution in [1.29, 1.82) is 0 Å². The van der Waals surface area contributed by atoms with E-state index in [-0.39, 0.29) is 0 Å². The number of anilines is 1. The van der Waals surface area contributed by atoms with E-state index in [2.05, 4.69) is 60.2 Å². The molecule has 1 unspecified atom stereocenters. The van der Waals surface area contributed by atoms with Gasteiger partial charge in [-0.2, -0.15) is 5.10 Å². The molecule has 6 heteroatoms. The summed E-state index contributed by atoms with van der Waals surface area (Å²) in [6.07, 6.45) is 3.23. The Kier molecular flexibility index (Phi) is 4.97. The summed E-state index contributed by atoms with van der Waals surface area (Å²) >= 11 is 0. The number of benzene rings is 1. The molecule has 0 saturated carbocycles. The van der Waals surface area contributed by atoms with Crippen molar-refractivity contribution in [3.8, 4) is 0 Å². The lowest BCUT2D eigenvalue weighted by Gasteiger charge is -2.28. The maximum Gasteiger partial charge on any atom is 0.156 e. The molecule has 2 aliphatic rings. The van der Waals surface area contributed by atoms with E-state index in [1.54, 1.807) is 0 Å². The van der Waals surface area contributed by atoms with Crippen LogP contribution < -0.4 is 4.90 Å². The summed E-state index contributed by atoms with van der Waals surface area (Å²) in [6.45, 7) is 10.9. The highest BCUT2D eigenvalue weighted by Gasteiger charge is 2.27. The van der Waals surface area contributed by atoms with Gasteiger partial charge >= 0.3 is 0 Å². The number of morpholine rings is 1. The molecule has 6 nitrogen and oxygen atoms in total. The molecule has 152 valence electrons. The van der Waals surface area contributed by atoms with Crippen molar-refractivity contribution in [3.63, 3.8) is 0 Å². The third kappa shape index (κ3) is 4.00. The molecule has 0 bridgehead atoms. The molecule has 2 fully saturated rings. The number of aryl methyl sites for hydroxylation is 2. The monoisotopic (exact) mass is 391 g/mol. The lowest BCUT2D eigenvalue weighted by molar-refractivity contribution is 0.122. The fraction of sp³-hybridized carbons (Fsp3) is 0.478. The number of ether oxygens (including phenoxy) is 1. The molecule has 3 aromatic rings. The van der Waals surface area contributed by atoms with E-state index in [9.17, 15) is 0 Å². The molecule has 2 saturated heterocycles. The standard InChI is InChI=1S/C23H29N5O/c1-17-11-18(2)13-19(12-17)14-26-6-5-20(15-26)23-24-22-4-3-21(16-28(22)25-23)27-7-9-29-10-8-27/h3-4,11-13,16,20H,5-10,14-15H2,1-2H3. The minimum absolute atomic E-state index is 0.410. The zero-order chi connectivity index (χ0) is 19.8. The quantitative estimate of drug-likeness (QED) is 0.684. The van der Waals surface area contributed by atoms with Crippen molar-refractivity contribution >= 4 is 11.3 Å². The maximum atomic E-state index is 5.46. The van der Waals surface area contributed by atoms with Crippen LogP contribution in [0, 0.1) is 13.8 Å². The summed E-state index contributed by atoms with van der Waals surface area (Å²) in [7, 11) is 0. The second-order valence-corrected chi connectivity index (χ2v) is 8.48. The van der Waals surface area contributed by atoms with E-state index >= 15 is 0 Å². The van der Waals surface area contributed by atoms with Gasteiger partial charge in [-0.25, -0.2) is 9.50 Å². The van der Waals surface area contributed by atoms with Crippen LogP contribution >= 0.6 is 0 Å². The SMILES string of the molecule is Cc1cc(C)cc(CN2CCC(c3nc4ccc(N5CCOCC5)cn4n3)C2)c1. The van der Waals surface area contributed by atoms with Crippen LogP contribution in [0.15, 0.2) is 36.5 Å². The van der Waals surface area contributed by atoms with Crippen LogP contribution in [0.3, 0.4) is 0 Å². The Morgan fingerprint density at radius 3 is 2.62 bits per heavy atom. The molecule has 29 heavy (non-hydrogen) atoms. The van der Waals surface area contributed by atoms with Crippen LogP contribution in [0.4, 0.5) is 5.69 Å². The number of aromatic nitrogens is 3. The minimum atomic E-state index is 0.410. The van der Waals surface area contributed by atoms with Crippen LogP contribution in [0.2, 0.25) is 0 Å². The normalized spacial score (nSPS) is 20.6. The van der Waals surface area contributed by atoms with Crippen LogP contribution in [-0.2, 0) is 11.3 Å². The third-order valence-corrected chi connectivity index (χ3v) is 6.03. The molecule has 2 aliphatic heterocycles. The molecular formula is C23H29N5O. The van der Waals surface area contributed by atoms with Crippen molar-refractivity contribution < 1.29 is 4.74 Å². The Morgan fingerprint density at radius 1 is 1.03 bits per heavy atom. The van der Waals surface area contributed by atoms with Gasteiger partial charge in [0.2, 0.25) is 0 Å². The van der Waals surface area contributed by atoms with Crippen molar-refractivity contribution in [3.05, 3.63) is 59.0 Å². The summed E-state index contributed by atoms with van der Waals surface area (Å²) in [5, 5.41) is 4.84. The summed E-state index contributed by atoms with van der Waals surface area (Å²) < 4.78 is 7.42. The van der Waals surface area contributed by atoms with Crippen LogP contribution in [0.25, 0.3) is 5.65 Å². The van der Waals surface area contributed by atoms with Gasteiger partial charge in [0.25, 0.3) is 0 Å². The summed E-state index contributed by atoms with van der Waals surface area (Å²) in [5.74, 6) is 1.39. The van der Waals surface area contributed by atoms with Crippen molar-refractivity contribution in [2.45, 2.75) is 32.7 Å². The van der Waals surface area contributed by atoms with E-state index in [1.165, 1.54) is 22.4 Å². The number of nitrogens with zero attached hydrogens (tertiary/aromatic N) is 5. The summed E-state index contributed by atoms with van der Waals surface area (Å²) in [4.78, 5) is 9.72. The van der Waals surface area contributed by atoms with Crippen molar-refractivity contribution in [2.24, 2.45) is 0 Å². The molecule has 0 spiro atoms. The van der Waals surface area contributed by atoms with Crippen LogP contribution in [0.5, 0.6) is 0 Å². The first-order valence-electron chi connectivity index (χ1n) is 10.6. The Labute approximate surface area is 172 Å². The second kappa shape index (κ2) is 7.76. The molecule has 0 amide bonds. The number of pyridine rings is 1. The van der Waals surface area contributed by atoms with Gasteiger partial charge in [0, 0.05) is 32.1 Å². The van der Waals surface area contributed by atoms with E-state index in [0.717, 1.165) is 63.8 Å². The van der Waals surface area contributed by atoms with E-state index in [4.69, 9.17) is 14.8 Å². The van der Waals surface area contributed by atoms with E-state index in [0.29, 0.717) is 5.92 Å². The van der Waals surface area contributed by atoms with E-state index in [1.807, 2.05) is 4.52 Å². The number of rotatable bonds is 4. The zero-order valence-corrected chi connectivity index (χ0v) is 17.3. The minimum Gasteiger partial charge on any atom is -0.378 e. The summed E-state index contributed by atoms with van der Waals surface area (Å²) in [5.41, 5.74) is 6.22. The average molecular weight is 392 g/mol. The fourth-order valence-electron chi connectivity index (χ4n) is 4.68. The Balaban J connectivity index is 1.29. The Hall–Kier alpha value is -2.44. The maximum absolute atomic E-state index is 5.46. The first kappa shape index (κ1) is 18.6. The highest BCUT2D eigenvalue weighted by molar-refractivity contribution is 5.51. The average Bonchev–Trinajstić information content (AvgIpc) is 3.34. The van der Waals surface area contributed by atoms with Gasteiger partial charge in [-0.1, -0.05) is 29.3 Å². The molecule has 0 N–H and O–H groups in total. The Bertz CT molecular complexity index is 987. The number of fused-ring (bicyclic) bond motifs is 1. The fourth-order valence-corrected chi connectivity index (χ4v) is 4.68. The predicted octanol–water partition coefficient (Wildman–Crippen LogP) is 3.17. The molecular weight excluding hydrogens is 362 g/mol. The second-order valence-electron chi connectivity index (χ2n) is 8.48. The smallest absolute Gasteiger partial charge is 0.156 e. The van der Waals surface area contributed by atoms with Gasteiger partial charge in [-0.3, -0.25) is 4.90 Å². The van der Waals surface area contributed by atoms with Crippen molar-refractivity contribution in [1.82, 2.24) is 19.5 Å². The highest BCUT2D eigenvalue weighted by Crippen LogP contribution is 2.27. The highest BCUT2D eigenvalue weighted by atomic mass is 16.5. The van der Waals surface area contributed by atoms with Gasteiger partial charge < -0.3 is 9.64 Å². The predicted molar refractivity (Wildman–Crippen MR) is 115 cm³/mol. The summed E-state index contributed by atoms with van der Waals surface area (Å²) in [6, 6.07) is 11.1. The molecule has 1 atom stereocenters. The lowest BCUT2D eigenvalue weighted by Crippen LogP contribution is -2.36. The van der Waals surface area contributed by atoms with Gasteiger partial charge in [-0.15, -0.1) is 0 Å². The van der Waals surface area contributed by atoms with Crippen molar-refractivity contribution in [2.75, 3.05) is 44.3 Å². The van der Waals surface area contributed by atoms with Crippen LogP contribution in [0.1, 0.15) is 34.9 Å². The van der Waals surface area contributed by atoms with Crippen LogP contribution in [-0.4, -0.2) is 58.9 Å². The van der Waals surface area contributed by atoms with Gasteiger partial charge in [0.05, 0.1) is 25.1 Å². The topological polar surface area (TPSA) is 45.9 Å². The third-order valence-electron chi connectivity index (χ3n) is 6.03. The molecule has 1 aromatic carbocycles. The lowest BCUT2D eigenvalue weighted by atomic mass is 10.1.